The Morgan fingerprint density at radius 3 is 2.85 bits per heavy atom. The molecule has 0 aliphatic rings. The van der Waals surface area contributed by atoms with Crippen molar-refractivity contribution in [3.8, 4) is 0 Å². The fourth-order valence-corrected chi connectivity index (χ4v) is 1.39. The number of carbonyl (C=O) groups excluding carboxylic acids is 1. The molecule has 0 atom stereocenters. The number of amides is 1. The molecule has 1 aromatic rings. The van der Waals surface area contributed by atoms with Gasteiger partial charge in [0.1, 0.15) is 11.4 Å². The fourth-order valence-electron chi connectivity index (χ4n) is 0.847. The van der Waals surface area contributed by atoms with Crippen molar-refractivity contribution in [2.24, 2.45) is 4.99 Å². The lowest BCUT2D eigenvalue weighted by Crippen LogP contribution is -2.28. The number of carbonyl (C=O) groups is 1. The van der Waals surface area contributed by atoms with Crippen molar-refractivity contribution in [3.05, 3.63) is 11.1 Å². The van der Waals surface area contributed by atoms with Gasteiger partial charge in [-0.1, -0.05) is 0 Å². The summed E-state index contributed by atoms with van der Waals surface area (Å²) in [7, 11) is 3.09. The van der Waals surface area contributed by atoms with Crippen LogP contribution in [0.1, 0.15) is 5.69 Å². The summed E-state index contributed by atoms with van der Waals surface area (Å²) in [6.07, 6.45) is 0. The van der Waals surface area contributed by atoms with Crippen LogP contribution in [0.3, 0.4) is 0 Å². The molecule has 1 amide bonds. The molecule has 0 saturated heterocycles. The van der Waals surface area contributed by atoms with E-state index < -0.39 is 0 Å². The average molecular weight is 198 g/mol. The molecule has 3 N–H and O–H groups in total. The minimum atomic E-state index is -0.257. The van der Waals surface area contributed by atoms with Crippen LogP contribution in [-0.4, -0.2) is 30.7 Å². The molecule has 0 aliphatic carbocycles. The molecule has 6 heteroatoms. The standard InChI is InChI=1S/C7H10N4OS/c1-9-5(6(12)10-2)4-3-13-7(8)11-4/h3H,1-2H3,(H2,8,11)(H,10,12). The molecule has 70 valence electrons. The quantitative estimate of drug-likeness (QED) is 0.651. The molecule has 1 heterocycles. The van der Waals surface area contributed by atoms with Gasteiger partial charge >= 0.3 is 0 Å². The van der Waals surface area contributed by atoms with Gasteiger partial charge in [0.15, 0.2) is 5.13 Å². The van der Waals surface area contributed by atoms with Gasteiger partial charge in [-0.15, -0.1) is 11.3 Å². The average Bonchev–Trinajstić information content (AvgIpc) is 2.53. The fraction of sp³-hybridized carbons (Fsp3) is 0.286. The van der Waals surface area contributed by atoms with E-state index in [1.165, 1.54) is 11.3 Å². The number of hydrogen-bond donors (Lipinski definition) is 2. The first-order valence-electron chi connectivity index (χ1n) is 3.59. The maximum absolute atomic E-state index is 11.2. The summed E-state index contributed by atoms with van der Waals surface area (Å²) in [5.74, 6) is -0.257. The molecular formula is C7H10N4OS. The first-order chi connectivity index (χ1) is 6.19. The van der Waals surface area contributed by atoms with Crippen molar-refractivity contribution in [2.45, 2.75) is 0 Å². The first kappa shape index (κ1) is 9.66. The van der Waals surface area contributed by atoms with E-state index in [0.717, 1.165) is 0 Å². The lowest BCUT2D eigenvalue weighted by molar-refractivity contribution is -0.114. The Balaban J connectivity index is 2.99. The van der Waals surface area contributed by atoms with Crippen LogP contribution < -0.4 is 11.1 Å². The number of rotatable bonds is 2. The number of anilines is 1. The number of likely N-dealkylation sites (N-methyl/N-ethyl adjacent to an activating group) is 1. The highest BCUT2D eigenvalue weighted by molar-refractivity contribution is 7.13. The summed E-state index contributed by atoms with van der Waals surface area (Å²) < 4.78 is 0. The molecule has 0 fully saturated rings. The highest BCUT2D eigenvalue weighted by atomic mass is 32.1. The third-order valence-corrected chi connectivity index (χ3v) is 2.10. The van der Waals surface area contributed by atoms with E-state index in [4.69, 9.17) is 5.73 Å². The molecule has 0 unspecified atom stereocenters. The van der Waals surface area contributed by atoms with Crippen LogP contribution in [0.15, 0.2) is 10.4 Å². The van der Waals surface area contributed by atoms with Crippen LogP contribution in [0, 0.1) is 0 Å². The maximum Gasteiger partial charge on any atom is 0.271 e. The molecule has 0 aliphatic heterocycles. The highest BCUT2D eigenvalue weighted by Gasteiger charge is 2.13. The third kappa shape index (κ3) is 2.03. The lowest BCUT2D eigenvalue weighted by Gasteiger charge is -1.98. The second-order valence-corrected chi connectivity index (χ2v) is 3.11. The normalized spacial score (nSPS) is 11.4. The Morgan fingerprint density at radius 1 is 1.77 bits per heavy atom. The first-order valence-corrected chi connectivity index (χ1v) is 4.47. The Morgan fingerprint density at radius 2 is 2.46 bits per heavy atom. The van der Waals surface area contributed by atoms with Gasteiger partial charge in [0.25, 0.3) is 5.91 Å². The van der Waals surface area contributed by atoms with Crippen molar-refractivity contribution >= 4 is 28.1 Å². The van der Waals surface area contributed by atoms with Gasteiger partial charge in [-0.05, 0) is 0 Å². The number of aromatic nitrogens is 1. The molecule has 0 radical (unpaired) electrons. The zero-order valence-corrected chi connectivity index (χ0v) is 8.18. The summed E-state index contributed by atoms with van der Waals surface area (Å²) in [6, 6.07) is 0. The maximum atomic E-state index is 11.2. The molecular weight excluding hydrogens is 188 g/mol. The van der Waals surface area contributed by atoms with Crippen LogP contribution in [-0.2, 0) is 4.79 Å². The Bertz CT molecular complexity index is 344. The van der Waals surface area contributed by atoms with Gasteiger partial charge < -0.3 is 11.1 Å². The third-order valence-electron chi connectivity index (χ3n) is 1.43. The number of nitrogens with zero attached hydrogens (tertiary/aromatic N) is 2. The summed E-state index contributed by atoms with van der Waals surface area (Å²) >= 11 is 1.28. The van der Waals surface area contributed by atoms with Crippen LogP contribution in [0.25, 0.3) is 0 Å². The minimum Gasteiger partial charge on any atom is -0.375 e. The zero-order valence-electron chi connectivity index (χ0n) is 7.37. The minimum absolute atomic E-state index is 0.257. The molecule has 0 spiro atoms. The highest BCUT2D eigenvalue weighted by Crippen LogP contribution is 2.11. The van der Waals surface area contributed by atoms with Gasteiger partial charge in [0, 0.05) is 19.5 Å². The van der Waals surface area contributed by atoms with Crippen LogP contribution in [0.4, 0.5) is 5.13 Å². The summed E-state index contributed by atoms with van der Waals surface area (Å²) in [5.41, 5.74) is 6.25. The van der Waals surface area contributed by atoms with E-state index >= 15 is 0 Å². The number of aliphatic imine (C=N–C) groups is 1. The van der Waals surface area contributed by atoms with Crippen molar-refractivity contribution in [1.82, 2.24) is 10.3 Å². The van der Waals surface area contributed by atoms with Crippen molar-refractivity contribution in [3.63, 3.8) is 0 Å². The smallest absolute Gasteiger partial charge is 0.271 e. The number of nitrogens with one attached hydrogen (secondary N) is 1. The Kier molecular flexibility index (Phi) is 2.97. The summed E-state index contributed by atoms with van der Waals surface area (Å²) in [5, 5.41) is 4.61. The number of thiazole rings is 1. The van der Waals surface area contributed by atoms with E-state index in [2.05, 4.69) is 15.3 Å². The van der Waals surface area contributed by atoms with Gasteiger partial charge in [-0.2, -0.15) is 0 Å². The van der Waals surface area contributed by atoms with E-state index in [-0.39, 0.29) is 5.91 Å². The number of nitrogens with two attached hydrogens (primary N) is 1. The molecule has 1 rings (SSSR count). The Labute approximate surface area is 79.7 Å². The van der Waals surface area contributed by atoms with Crippen molar-refractivity contribution < 1.29 is 4.79 Å². The Hall–Kier alpha value is -1.43. The SMILES string of the molecule is CN=C(C(=O)NC)c1csc(N)n1. The number of hydrogen-bond acceptors (Lipinski definition) is 5. The predicted octanol–water partition coefficient (Wildman–Crippen LogP) is -0.110. The molecule has 0 saturated carbocycles. The predicted molar refractivity (Wildman–Crippen MR) is 53.1 cm³/mol. The van der Waals surface area contributed by atoms with E-state index in [1.807, 2.05) is 0 Å². The van der Waals surface area contributed by atoms with Crippen LogP contribution >= 0.6 is 11.3 Å². The summed E-state index contributed by atoms with van der Waals surface area (Å²) in [4.78, 5) is 19.0. The molecule has 0 aromatic carbocycles. The van der Waals surface area contributed by atoms with Gasteiger partial charge in [-0.3, -0.25) is 9.79 Å². The summed E-state index contributed by atoms with van der Waals surface area (Å²) in [6.45, 7) is 0. The monoisotopic (exact) mass is 198 g/mol. The molecule has 0 bridgehead atoms. The second-order valence-electron chi connectivity index (χ2n) is 2.22. The van der Waals surface area contributed by atoms with Crippen LogP contribution in [0.2, 0.25) is 0 Å². The van der Waals surface area contributed by atoms with E-state index in [9.17, 15) is 4.79 Å². The van der Waals surface area contributed by atoms with Gasteiger partial charge in [0.05, 0.1) is 0 Å². The largest absolute Gasteiger partial charge is 0.375 e. The second kappa shape index (κ2) is 3.99. The van der Waals surface area contributed by atoms with Gasteiger partial charge in [0.2, 0.25) is 0 Å². The molecule has 13 heavy (non-hydrogen) atoms. The van der Waals surface area contributed by atoms with E-state index in [1.54, 1.807) is 19.5 Å². The van der Waals surface area contributed by atoms with Crippen molar-refractivity contribution in [2.75, 3.05) is 19.8 Å². The van der Waals surface area contributed by atoms with Gasteiger partial charge in [-0.25, -0.2) is 4.98 Å². The van der Waals surface area contributed by atoms with Crippen LogP contribution in [0.5, 0.6) is 0 Å². The zero-order chi connectivity index (χ0) is 9.84. The number of nitrogen functional groups attached to an aromatic ring is 1. The topological polar surface area (TPSA) is 80.4 Å². The van der Waals surface area contributed by atoms with E-state index in [0.29, 0.717) is 16.5 Å². The lowest BCUT2D eigenvalue weighted by atomic mass is 10.3. The molecule has 1 aromatic heterocycles. The molecule has 5 nitrogen and oxygen atoms in total. The van der Waals surface area contributed by atoms with Crippen molar-refractivity contribution in [1.29, 1.82) is 0 Å².